The molecule has 22 heavy (non-hydrogen) atoms. The molecule has 0 radical (unpaired) electrons. The average Bonchev–Trinajstić information content (AvgIpc) is 2.52. The molecule has 3 atom stereocenters. The summed E-state index contributed by atoms with van der Waals surface area (Å²) in [4.78, 5) is 29.4. The number of oxime groups is 1. The van der Waals surface area contributed by atoms with Gasteiger partial charge >= 0.3 is 5.97 Å². The minimum atomic E-state index is -0.352. The Balaban J connectivity index is 1.99. The van der Waals surface area contributed by atoms with Crippen LogP contribution in [0.25, 0.3) is 0 Å². The summed E-state index contributed by atoms with van der Waals surface area (Å²) in [5.74, 6) is -0.358. The molecule has 0 aromatic heterocycles. The highest BCUT2D eigenvalue weighted by atomic mass is 16.7. The number of Topliss-reactive ketones (excluding diaryl/α,β-unsaturated/α-hetero) is 1. The molecule has 118 valence electrons. The third kappa shape index (κ3) is 3.81. The molecule has 0 spiro atoms. The quantitative estimate of drug-likeness (QED) is 0.345. The normalized spacial score (nSPS) is 28.2. The molecule has 0 saturated heterocycles. The molecule has 2 aliphatic rings. The molecule has 0 heterocycles. The van der Waals surface area contributed by atoms with Gasteiger partial charge in [-0.25, -0.2) is 4.79 Å². The van der Waals surface area contributed by atoms with Crippen molar-refractivity contribution < 1.29 is 14.4 Å². The van der Waals surface area contributed by atoms with Gasteiger partial charge in [0.2, 0.25) is 5.78 Å². The second-order valence-electron chi connectivity index (χ2n) is 6.07. The van der Waals surface area contributed by atoms with Crippen molar-refractivity contribution in [1.82, 2.24) is 0 Å². The van der Waals surface area contributed by atoms with E-state index in [1.807, 2.05) is 38.2 Å². The zero-order valence-electron chi connectivity index (χ0n) is 13.4. The summed E-state index contributed by atoms with van der Waals surface area (Å²) < 4.78 is 0. The fraction of sp³-hybridized carbons (Fsp3) is 0.500. The van der Waals surface area contributed by atoms with Crippen molar-refractivity contribution in [2.24, 2.45) is 22.9 Å². The standard InChI is InChI=1S/C18H23NO3/c1-12-8-4-6-10-15(12)17(20)14(3)19-22-18(21)16-11-7-5-9-13(16)2/h4-6,9-10,12-13,16H,7-8,11H2,1-3H3/b19-14+. The molecule has 0 bridgehead atoms. The molecule has 0 fully saturated rings. The molecule has 3 unspecified atom stereocenters. The number of allylic oxidation sites excluding steroid dienone is 6. The van der Waals surface area contributed by atoms with Crippen LogP contribution in [0.5, 0.6) is 0 Å². The Hall–Kier alpha value is -1.97. The van der Waals surface area contributed by atoms with Crippen molar-refractivity contribution in [2.45, 2.75) is 40.0 Å². The first kappa shape index (κ1) is 16.4. The molecule has 0 aromatic rings. The summed E-state index contributed by atoms with van der Waals surface area (Å²) in [7, 11) is 0. The van der Waals surface area contributed by atoms with Crippen LogP contribution in [0.2, 0.25) is 0 Å². The fourth-order valence-corrected chi connectivity index (χ4v) is 2.79. The van der Waals surface area contributed by atoms with E-state index in [1.165, 1.54) is 0 Å². The molecule has 0 aromatic carbocycles. The van der Waals surface area contributed by atoms with Gasteiger partial charge in [-0.05, 0) is 38.0 Å². The average molecular weight is 301 g/mol. The van der Waals surface area contributed by atoms with Gasteiger partial charge < -0.3 is 4.84 Å². The highest BCUT2D eigenvalue weighted by molar-refractivity contribution is 6.45. The summed E-state index contributed by atoms with van der Waals surface area (Å²) in [6.45, 7) is 5.58. The van der Waals surface area contributed by atoms with Crippen LogP contribution in [-0.4, -0.2) is 17.5 Å². The van der Waals surface area contributed by atoms with Crippen LogP contribution in [0.3, 0.4) is 0 Å². The minimum absolute atomic E-state index is 0.152. The van der Waals surface area contributed by atoms with Crippen LogP contribution in [0.15, 0.2) is 41.1 Å². The highest BCUT2D eigenvalue weighted by Crippen LogP contribution is 2.25. The molecule has 2 rings (SSSR count). The summed E-state index contributed by atoms with van der Waals surface area (Å²) in [5.41, 5.74) is 0.939. The van der Waals surface area contributed by atoms with Gasteiger partial charge in [0.25, 0.3) is 0 Å². The lowest BCUT2D eigenvalue weighted by Gasteiger charge is -2.21. The number of rotatable bonds is 4. The molecule has 0 aliphatic heterocycles. The molecule has 0 amide bonds. The zero-order chi connectivity index (χ0) is 16.1. The van der Waals surface area contributed by atoms with Gasteiger partial charge in [0.1, 0.15) is 5.71 Å². The molecular formula is C18H23NO3. The molecule has 4 heteroatoms. The van der Waals surface area contributed by atoms with E-state index < -0.39 is 0 Å². The predicted octanol–water partition coefficient (Wildman–Crippen LogP) is 3.60. The maximum absolute atomic E-state index is 12.3. The lowest BCUT2D eigenvalue weighted by atomic mass is 9.85. The molecule has 0 saturated carbocycles. The van der Waals surface area contributed by atoms with Gasteiger partial charge in [0, 0.05) is 5.57 Å². The number of carbonyl (C=O) groups is 2. The summed E-state index contributed by atoms with van der Waals surface area (Å²) in [6, 6.07) is 0. The molecular weight excluding hydrogens is 278 g/mol. The third-order valence-electron chi connectivity index (χ3n) is 4.32. The first-order valence-electron chi connectivity index (χ1n) is 7.84. The Morgan fingerprint density at radius 1 is 1.27 bits per heavy atom. The van der Waals surface area contributed by atoms with Gasteiger partial charge in [0.05, 0.1) is 5.92 Å². The third-order valence-corrected chi connectivity index (χ3v) is 4.32. The van der Waals surface area contributed by atoms with Crippen molar-refractivity contribution in [3.05, 3.63) is 36.0 Å². The van der Waals surface area contributed by atoms with E-state index in [-0.39, 0.29) is 35.2 Å². The first-order valence-corrected chi connectivity index (χ1v) is 7.84. The van der Waals surface area contributed by atoms with Crippen molar-refractivity contribution in [1.29, 1.82) is 0 Å². The molecule has 0 N–H and O–H groups in total. The van der Waals surface area contributed by atoms with E-state index >= 15 is 0 Å². The minimum Gasteiger partial charge on any atom is -0.318 e. The van der Waals surface area contributed by atoms with E-state index in [0.29, 0.717) is 5.57 Å². The lowest BCUT2D eigenvalue weighted by Crippen LogP contribution is -2.25. The number of hydrogen-bond donors (Lipinski definition) is 0. The smallest absolute Gasteiger partial charge is 0.318 e. The van der Waals surface area contributed by atoms with E-state index in [4.69, 9.17) is 4.84 Å². The van der Waals surface area contributed by atoms with Crippen molar-refractivity contribution in [2.75, 3.05) is 0 Å². The first-order chi connectivity index (χ1) is 10.5. The Morgan fingerprint density at radius 2 is 2.05 bits per heavy atom. The van der Waals surface area contributed by atoms with Crippen LogP contribution in [0, 0.1) is 17.8 Å². The van der Waals surface area contributed by atoms with E-state index in [9.17, 15) is 9.59 Å². The highest BCUT2D eigenvalue weighted by Gasteiger charge is 2.27. The Morgan fingerprint density at radius 3 is 2.73 bits per heavy atom. The van der Waals surface area contributed by atoms with Crippen LogP contribution in [-0.2, 0) is 14.4 Å². The fourth-order valence-electron chi connectivity index (χ4n) is 2.79. The Kier molecular flexibility index (Phi) is 5.47. The Bertz CT molecular complexity index is 569. The van der Waals surface area contributed by atoms with Gasteiger partial charge in [-0.1, -0.05) is 49.4 Å². The van der Waals surface area contributed by atoms with E-state index in [2.05, 4.69) is 11.2 Å². The molecule has 2 aliphatic carbocycles. The second-order valence-corrected chi connectivity index (χ2v) is 6.07. The summed E-state index contributed by atoms with van der Waals surface area (Å²) >= 11 is 0. The van der Waals surface area contributed by atoms with Crippen LogP contribution in [0.4, 0.5) is 0 Å². The number of ketones is 1. The van der Waals surface area contributed by atoms with Crippen molar-refractivity contribution in [3.8, 4) is 0 Å². The lowest BCUT2D eigenvalue weighted by molar-refractivity contribution is -0.150. The van der Waals surface area contributed by atoms with Crippen molar-refractivity contribution >= 4 is 17.5 Å². The van der Waals surface area contributed by atoms with Gasteiger partial charge in [-0.15, -0.1) is 0 Å². The van der Waals surface area contributed by atoms with Crippen molar-refractivity contribution in [3.63, 3.8) is 0 Å². The monoisotopic (exact) mass is 301 g/mol. The zero-order valence-corrected chi connectivity index (χ0v) is 13.4. The number of nitrogens with zero attached hydrogens (tertiary/aromatic N) is 1. The van der Waals surface area contributed by atoms with E-state index in [0.717, 1.165) is 19.3 Å². The number of hydrogen-bond acceptors (Lipinski definition) is 4. The number of carbonyl (C=O) groups excluding carboxylic acids is 2. The van der Waals surface area contributed by atoms with Gasteiger partial charge in [0.15, 0.2) is 0 Å². The predicted molar refractivity (Wildman–Crippen MR) is 86.2 cm³/mol. The van der Waals surface area contributed by atoms with Crippen LogP contribution in [0.1, 0.15) is 40.0 Å². The topological polar surface area (TPSA) is 55.7 Å². The van der Waals surface area contributed by atoms with Crippen LogP contribution < -0.4 is 0 Å². The van der Waals surface area contributed by atoms with E-state index in [1.54, 1.807) is 6.92 Å². The maximum atomic E-state index is 12.3. The second kappa shape index (κ2) is 7.34. The Labute approximate surface area is 131 Å². The van der Waals surface area contributed by atoms with Gasteiger partial charge in [-0.2, -0.15) is 0 Å². The molecule has 4 nitrogen and oxygen atoms in total. The van der Waals surface area contributed by atoms with Crippen LogP contribution >= 0.6 is 0 Å². The summed E-state index contributed by atoms with van der Waals surface area (Å²) in [5, 5.41) is 3.77. The SMILES string of the molecule is C/C(=N\OC(=O)C1CCC=CC1C)C(=O)C1=CC=CCC1C. The van der Waals surface area contributed by atoms with Gasteiger partial charge in [-0.3, -0.25) is 4.79 Å². The largest absolute Gasteiger partial charge is 0.338 e. The summed E-state index contributed by atoms with van der Waals surface area (Å²) in [6.07, 6.45) is 12.3. The maximum Gasteiger partial charge on any atom is 0.338 e.